The molecule has 0 aromatic heterocycles. The van der Waals surface area contributed by atoms with Crippen LogP contribution >= 0.6 is 11.8 Å². The zero-order valence-electron chi connectivity index (χ0n) is 12.9. The average molecular weight is 354 g/mol. The molecular weight excluding hydrogens is 337 g/mol. The molecule has 0 atom stereocenters. The lowest BCUT2D eigenvalue weighted by molar-refractivity contribution is -0.117. The molecule has 1 amide bonds. The number of nitrogens with one attached hydrogen (secondary N) is 1. The molecule has 1 aliphatic rings. The Labute approximate surface area is 142 Å². The Morgan fingerprint density at radius 1 is 1.21 bits per heavy atom. The molecule has 24 heavy (non-hydrogen) atoms. The molecule has 0 saturated heterocycles. The summed E-state index contributed by atoms with van der Waals surface area (Å²) in [6, 6.07) is 7.50. The molecule has 0 bridgehead atoms. The number of rotatable bonds is 4. The van der Waals surface area contributed by atoms with Gasteiger partial charge in [-0.3, -0.25) is 4.79 Å². The minimum Gasteiger partial charge on any atom is -0.349 e. The third-order valence-corrected chi connectivity index (χ3v) is 4.47. The topological polar surface area (TPSA) is 52.9 Å². The van der Waals surface area contributed by atoms with Crippen LogP contribution in [-0.2, 0) is 4.79 Å². The predicted octanol–water partition coefficient (Wildman–Crippen LogP) is 4.65. The number of benzene rings is 1. The summed E-state index contributed by atoms with van der Waals surface area (Å²) in [5.41, 5.74) is -3.87. The molecule has 128 valence electrons. The van der Waals surface area contributed by atoms with Crippen LogP contribution in [-0.4, -0.2) is 17.5 Å². The number of nitriles is 1. The summed E-state index contributed by atoms with van der Waals surface area (Å²) >= 11 is -0.201. The SMILES string of the molecule is N#C/C(=C\c1ccc(SC(F)(F)F)cc1)C(=O)NC1CCCCC1. The molecule has 7 heteroatoms. The van der Waals surface area contributed by atoms with Gasteiger partial charge in [-0.05, 0) is 48.4 Å². The predicted molar refractivity (Wildman–Crippen MR) is 87.0 cm³/mol. The molecule has 0 aliphatic heterocycles. The van der Waals surface area contributed by atoms with E-state index in [9.17, 15) is 18.0 Å². The standard InChI is InChI=1S/C17H17F3N2OS/c18-17(19,20)24-15-8-6-12(7-9-15)10-13(11-21)16(23)22-14-4-2-1-3-5-14/h6-10,14H,1-5H2,(H,22,23)/b13-10+. The van der Waals surface area contributed by atoms with E-state index in [1.54, 1.807) is 0 Å². The molecule has 1 fully saturated rings. The summed E-state index contributed by atoms with van der Waals surface area (Å²) in [4.78, 5) is 12.2. The van der Waals surface area contributed by atoms with Crippen molar-refractivity contribution in [2.75, 3.05) is 0 Å². The molecule has 1 N–H and O–H groups in total. The van der Waals surface area contributed by atoms with Gasteiger partial charge in [0.2, 0.25) is 0 Å². The normalized spacial score (nSPS) is 16.5. The van der Waals surface area contributed by atoms with Gasteiger partial charge in [-0.2, -0.15) is 18.4 Å². The maximum atomic E-state index is 12.3. The number of hydrogen-bond acceptors (Lipinski definition) is 3. The van der Waals surface area contributed by atoms with Gasteiger partial charge in [0.05, 0.1) is 0 Å². The first-order chi connectivity index (χ1) is 11.4. The van der Waals surface area contributed by atoms with Crippen LogP contribution < -0.4 is 5.32 Å². The van der Waals surface area contributed by atoms with Gasteiger partial charge in [-0.1, -0.05) is 31.4 Å². The van der Waals surface area contributed by atoms with E-state index in [0.29, 0.717) is 5.56 Å². The van der Waals surface area contributed by atoms with Crippen molar-refractivity contribution in [3.63, 3.8) is 0 Å². The third-order valence-electron chi connectivity index (χ3n) is 3.73. The van der Waals surface area contributed by atoms with E-state index in [1.807, 2.05) is 6.07 Å². The Morgan fingerprint density at radius 2 is 1.83 bits per heavy atom. The van der Waals surface area contributed by atoms with Gasteiger partial charge < -0.3 is 5.32 Å². The van der Waals surface area contributed by atoms with Crippen molar-refractivity contribution in [2.45, 2.75) is 48.5 Å². The molecular formula is C17H17F3N2OS. The molecule has 1 aliphatic carbocycles. The molecule has 2 rings (SSSR count). The Hall–Kier alpha value is -1.94. The van der Waals surface area contributed by atoms with Crippen molar-refractivity contribution in [1.29, 1.82) is 5.26 Å². The first-order valence-corrected chi connectivity index (χ1v) is 8.47. The maximum absolute atomic E-state index is 12.3. The fourth-order valence-electron chi connectivity index (χ4n) is 2.59. The highest BCUT2D eigenvalue weighted by atomic mass is 32.2. The number of thioether (sulfide) groups is 1. The molecule has 1 saturated carbocycles. The summed E-state index contributed by atoms with van der Waals surface area (Å²) in [6.45, 7) is 0. The number of alkyl halides is 3. The van der Waals surface area contributed by atoms with Crippen LogP contribution in [0.2, 0.25) is 0 Å². The minimum absolute atomic E-state index is 0.0446. The van der Waals surface area contributed by atoms with Gasteiger partial charge in [-0.25, -0.2) is 0 Å². The molecule has 0 spiro atoms. The van der Waals surface area contributed by atoms with E-state index in [-0.39, 0.29) is 28.3 Å². The van der Waals surface area contributed by atoms with Gasteiger partial charge in [0, 0.05) is 10.9 Å². The second kappa shape index (κ2) is 8.25. The van der Waals surface area contributed by atoms with E-state index < -0.39 is 11.4 Å². The van der Waals surface area contributed by atoms with E-state index in [1.165, 1.54) is 30.3 Å². The van der Waals surface area contributed by atoms with Crippen LogP contribution in [0.25, 0.3) is 6.08 Å². The largest absolute Gasteiger partial charge is 0.446 e. The fraction of sp³-hybridized carbons (Fsp3) is 0.412. The first-order valence-electron chi connectivity index (χ1n) is 7.66. The number of nitrogens with zero attached hydrogens (tertiary/aromatic N) is 1. The summed E-state index contributed by atoms with van der Waals surface area (Å²) in [6.07, 6.45) is 6.50. The molecule has 0 heterocycles. The van der Waals surface area contributed by atoms with E-state index in [2.05, 4.69) is 5.32 Å². The number of amides is 1. The number of halogens is 3. The molecule has 1 aromatic carbocycles. The van der Waals surface area contributed by atoms with Gasteiger partial charge in [-0.15, -0.1) is 0 Å². The second-order valence-electron chi connectivity index (χ2n) is 5.60. The summed E-state index contributed by atoms with van der Waals surface area (Å²) < 4.78 is 36.9. The third kappa shape index (κ3) is 5.93. The van der Waals surface area contributed by atoms with Gasteiger partial charge in [0.25, 0.3) is 5.91 Å². The quantitative estimate of drug-likeness (QED) is 0.486. The maximum Gasteiger partial charge on any atom is 0.446 e. The van der Waals surface area contributed by atoms with Crippen molar-refractivity contribution < 1.29 is 18.0 Å². The lowest BCUT2D eigenvalue weighted by atomic mass is 9.95. The van der Waals surface area contributed by atoms with Crippen molar-refractivity contribution in [2.24, 2.45) is 0 Å². The molecule has 3 nitrogen and oxygen atoms in total. The smallest absolute Gasteiger partial charge is 0.349 e. The number of carbonyl (C=O) groups excluding carboxylic acids is 1. The lowest BCUT2D eigenvalue weighted by Gasteiger charge is -2.22. The van der Waals surface area contributed by atoms with Crippen LogP contribution in [0.3, 0.4) is 0 Å². The second-order valence-corrected chi connectivity index (χ2v) is 6.73. The monoisotopic (exact) mass is 354 g/mol. The Bertz CT molecular complexity index is 641. The summed E-state index contributed by atoms with van der Waals surface area (Å²) in [5.74, 6) is -0.432. The van der Waals surface area contributed by atoms with Crippen molar-refractivity contribution in [1.82, 2.24) is 5.32 Å². The van der Waals surface area contributed by atoms with Crippen LogP contribution in [0.5, 0.6) is 0 Å². The van der Waals surface area contributed by atoms with Crippen LogP contribution in [0, 0.1) is 11.3 Å². The Kier molecular flexibility index (Phi) is 6.32. The van der Waals surface area contributed by atoms with Crippen LogP contribution in [0.15, 0.2) is 34.7 Å². The number of carbonyl (C=O) groups is 1. The van der Waals surface area contributed by atoms with Crippen LogP contribution in [0.1, 0.15) is 37.7 Å². The molecule has 1 aromatic rings. The van der Waals surface area contributed by atoms with E-state index in [4.69, 9.17) is 5.26 Å². The highest BCUT2D eigenvalue weighted by Crippen LogP contribution is 2.36. The lowest BCUT2D eigenvalue weighted by Crippen LogP contribution is -2.36. The molecule has 0 unspecified atom stereocenters. The number of hydrogen-bond donors (Lipinski definition) is 1. The van der Waals surface area contributed by atoms with E-state index >= 15 is 0 Å². The first kappa shape index (κ1) is 18.4. The zero-order valence-corrected chi connectivity index (χ0v) is 13.7. The van der Waals surface area contributed by atoms with Gasteiger partial charge in [0.15, 0.2) is 0 Å². The van der Waals surface area contributed by atoms with Gasteiger partial charge >= 0.3 is 5.51 Å². The van der Waals surface area contributed by atoms with Crippen LogP contribution in [0.4, 0.5) is 13.2 Å². The summed E-state index contributed by atoms with van der Waals surface area (Å²) in [5, 5.41) is 12.0. The van der Waals surface area contributed by atoms with Crippen molar-refractivity contribution in [3.05, 3.63) is 35.4 Å². The van der Waals surface area contributed by atoms with Crippen molar-refractivity contribution >= 4 is 23.7 Å². The zero-order chi connectivity index (χ0) is 17.6. The Balaban J connectivity index is 2.03. The van der Waals surface area contributed by atoms with Gasteiger partial charge in [0.1, 0.15) is 11.6 Å². The Morgan fingerprint density at radius 3 is 2.38 bits per heavy atom. The highest BCUT2D eigenvalue weighted by molar-refractivity contribution is 8.00. The fourth-order valence-corrected chi connectivity index (χ4v) is 3.13. The summed E-state index contributed by atoms with van der Waals surface area (Å²) in [7, 11) is 0. The highest BCUT2D eigenvalue weighted by Gasteiger charge is 2.29. The minimum atomic E-state index is -4.34. The van der Waals surface area contributed by atoms with Crippen molar-refractivity contribution in [3.8, 4) is 6.07 Å². The average Bonchev–Trinajstić information content (AvgIpc) is 2.53. The molecule has 0 radical (unpaired) electrons. The van der Waals surface area contributed by atoms with E-state index in [0.717, 1.165) is 32.1 Å².